The molecular formula is C13H17N3OS. The van der Waals surface area contributed by atoms with Crippen molar-refractivity contribution in [2.45, 2.75) is 26.7 Å². The fourth-order valence-electron chi connectivity index (χ4n) is 1.64. The van der Waals surface area contributed by atoms with Gasteiger partial charge in [-0.25, -0.2) is 0 Å². The van der Waals surface area contributed by atoms with Crippen LogP contribution in [0.4, 0.5) is 5.13 Å². The summed E-state index contributed by atoms with van der Waals surface area (Å²) in [6, 6.07) is 6.24. The number of ether oxygens (including phenoxy) is 1. The second-order valence-electron chi connectivity index (χ2n) is 4.26. The average molecular weight is 263 g/mol. The average Bonchev–Trinajstić information content (AvgIpc) is 2.75. The summed E-state index contributed by atoms with van der Waals surface area (Å²) in [6.07, 6.45) is 1.78. The lowest BCUT2D eigenvalue weighted by atomic mass is 10.1. The molecule has 4 nitrogen and oxygen atoms in total. The normalized spacial score (nSPS) is 10.6. The Morgan fingerprint density at radius 1 is 1.28 bits per heavy atom. The summed E-state index contributed by atoms with van der Waals surface area (Å²) in [5, 5.41) is 9.26. The zero-order chi connectivity index (χ0) is 13.0. The van der Waals surface area contributed by atoms with Gasteiger partial charge in [-0.3, -0.25) is 0 Å². The first-order valence-corrected chi connectivity index (χ1v) is 6.75. The molecule has 2 N–H and O–H groups in total. The van der Waals surface area contributed by atoms with Gasteiger partial charge in [0.05, 0.1) is 6.61 Å². The fraction of sp³-hybridized carbons (Fsp3) is 0.385. The molecule has 0 unspecified atom stereocenters. The van der Waals surface area contributed by atoms with Crippen LogP contribution in [0.3, 0.4) is 0 Å². The minimum absolute atomic E-state index is 0.528. The minimum atomic E-state index is 0.528. The second-order valence-corrected chi connectivity index (χ2v) is 5.35. The molecule has 0 saturated heterocycles. The van der Waals surface area contributed by atoms with E-state index in [1.165, 1.54) is 22.5 Å². The van der Waals surface area contributed by atoms with E-state index in [9.17, 15) is 0 Å². The van der Waals surface area contributed by atoms with Crippen LogP contribution in [0.1, 0.15) is 22.6 Å². The standard InChI is InChI=1S/C13H17N3OS/c1-9-5-6-10(2)11(8-9)17-7-3-4-12-15-16-13(14)18-12/h5-6,8H,3-4,7H2,1-2H3,(H2,14,16). The van der Waals surface area contributed by atoms with Crippen LogP contribution in [0.15, 0.2) is 18.2 Å². The highest BCUT2D eigenvalue weighted by Crippen LogP contribution is 2.19. The Kier molecular flexibility index (Phi) is 4.15. The number of anilines is 1. The largest absolute Gasteiger partial charge is 0.493 e. The Labute approximate surface area is 111 Å². The van der Waals surface area contributed by atoms with Crippen molar-refractivity contribution in [2.75, 3.05) is 12.3 Å². The Morgan fingerprint density at radius 2 is 2.11 bits per heavy atom. The van der Waals surface area contributed by atoms with Crippen molar-refractivity contribution < 1.29 is 4.74 Å². The number of nitrogen functional groups attached to an aromatic ring is 1. The third-order valence-electron chi connectivity index (χ3n) is 2.62. The first-order chi connectivity index (χ1) is 8.65. The van der Waals surface area contributed by atoms with Crippen molar-refractivity contribution in [3.05, 3.63) is 34.3 Å². The van der Waals surface area contributed by atoms with Gasteiger partial charge in [0.2, 0.25) is 5.13 Å². The topological polar surface area (TPSA) is 61.0 Å². The van der Waals surface area contributed by atoms with Crippen LogP contribution in [-0.4, -0.2) is 16.8 Å². The molecular weight excluding hydrogens is 246 g/mol. The molecule has 0 aliphatic heterocycles. The summed E-state index contributed by atoms with van der Waals surface area (Å²) < 4.78 is 5.77. The van der Waals surface area contributed by atoms with Crippen LogP contribution >= 0.6 is 11.3 Å². The monoisotopic (exact) mass is 263 g/mol. The van der Waals surface area contributed by atoms with E-state index in [1.807, 2.05) is 0 Å². The van der Waals surface area contributed by atoms with E-state index < -0.39 is 0 Å². The predicted molar refractivity (Wildman–Crippen MR) is 74.1 cm³/mol. The highest BCUT2D eigenvalue weighted by molar-refractivity contribution is 7.15. The summed E-state index contributed by atoms with van der Waals surface area (Å²) in [7, 11) is 0. The van der Waals surface area contributed by atoms with E-state index in [4.69, 9.17) is 10.5 Å². The lowest BCUT2D eigenvalue weighted by molar-refractivity contribution is 0.308. The van der Waals surface area contributed by atoms with Crippen LogP contribution in [0, 0.1) is 13.8 Å². The number of nitrogens with two attached hydrogens (primary N) is 1. The predicted octanol–water partition coefficient (Wildman–Crippen LogP) is 2.75. The Balaban J connectivity index is 1.80. The van der Waals surface area contributed by atoms with Crippen molar-refractivity contribution in [3.8, 4) is 5.75 Å². The maximum Gasteiger partial charge on any atom is 0.203 e. The van der Waals surface area contributed by atoms with Gasteiger partial charge in [-0.2, -0.15) is 0 Å². The van der Waals surface area contributed by atoms with Crippen molar-refractivity contribution in [1.82, 2.24) is 10.2 Å². The molecule has 0 bridgehead atoms. The van der Waals surface area contributed by atoms with Gasteiger partial charge in [0.1, 0.15) is 10.8 Å². The number of nitrogens with zero attached hydrogens (tertiary/aromatic N) is 2. The van der Waals surface area contributed by atoms with Crippen molar-refractivity contribution in [3.63, 3.8) is 0 Å². The van der Waals surface area contributed by atoms with Gasteiger partial charge < -0.3 is 10.5 Å². The van der Waals surface area contributed by atoms with Gasteiger partial charge in [-0.1, -0.05) is 23.5 Å². The van der Waals surface area contributed by atoms with E-state index >= 15 is 0 Å². The van der Waals surface area contributed by atoms with E-state index in [-0.39, 0.29) is 0 Å². The number of aryl methyl sites for hydroxylation is 3. The van der Waals surface area contributed by atoms with E-state index in [1.54, 1.807) is 0 Å². The molecule has 0 spiro atoms. The second kappa shape index (κ2) is 5.82. The molecule has 0 atom stereocenters. The third kappa shape index (κ3) is 3.43. The van der Waals surface area contributed by atoms with Gasteiger partial charge >= 0.3 is 0 Å². The summed E-state index contributed by atoms with van der Waals surface area (Å²) >= 11 is 1.44. The molecule has 18 heavy (non-hydrogen) atoms. The Morgan fingerprint density at radius 3 is 2.83 bits per heavy atom. The smallest absolute Gasteiger partial charge is 0.203 e. The zero-order valence-electron chi connectivity index (χ0n) is 10.6. The fourth-order valence-corrected chi connectivity index (χ4v) is 2.29. The number of hydrogen-bond donors (Lipinski definition) is 1. The number of aromatic nitrogens is 2. The van der Waals surface area contributed by atoms with Crippen molar-refractivity contribution >= 4 is 16.5 Å². The first-order valence-electron chi connectivity index (χ1n) is 5.93. The zero-order valence-corrected chi connectivity index (χ0v) is 11.5. The van der Waals surface area contributed by atoms with Gasteiger partial charge in [-0.15, -0.1) is 10.2 Å². The molecule has 0 fully saturated rings. The molecule has 1 heterocycles. The molecule has 1 aromatic heterocycles. The molecule has 2 rings (SSSR count). The third-order valence-corrected chi connectivity index (χ3v) is 3.43. The van der Waals surface area contributed by atoms with Gasteiger partial charge in [0.25, 0.3) is 0 Å². The molecule has 5 heteroatoms. The minimum Gasteiger partial charge on any atom is -0.493 e. The van der Waals surface area contributed by atoms with E-state index in [0.717, 1.165) is 23.6 Å². The van der Waals surface area contributed by atoms with E-state index in [2.05, 4.69) is 42.2 Å². The number of hydrogen-bond acceptors (Lipinski definition) is 5. The van der Waals surface area contributed by atoms with Crippen LogP contribution in [0.2, 0.25) is 0 Å². The van der Waals surface area contributed by atoms with Crippen LogP contribution < -0.4 is 10.5 Å². The molecule has 0 aliphatic rings. The molecule has 0 saturated carbocycles. The first kappa shape index (κ1) is 12.8. The summed E-state index contributed by atoms with van der Waals surface area (Å²) in [6.45, 7) is 4.81. The maximum absolute atomic E-state index is 5.77. The number of benzene rings is 1. The van der Waals surface area contributed by atoms with Crippen molar-refractivity contribution in [1.29, 1.82) is 0 Å². The molecule has 0 aliphatic carbocycles. The highest BCUT2D eigenvalue weighted by Gasteiger charge is 2.02. The van der Waals surface area contributed by atoms with Crippen LogP contribution in [-0.2, 0) is 6.42 Å². The molecule has 2 aromatic rings. The lowest BCUT2D eigenvalue weighted by Crippen LogP contribution is -2.00. The van der Waals surface area contributed by atoms with Crippen LogP contribution in [0.5, 0.6) is 5.75 Å². The summed E-state index contributed by atoms with van der Waals surface area (Å²) in [4.78, 5) is 0. The van der Waals surface area contributed by atoms with Gasteiger partial charge in [0, 0.05) is 6.42 Å². The summed E-state index contributed by atoms with van der Waals surface area (Å²) in [5.41, 5.74) is 7.91. The van der Waals surface area contributed by atoms with Gasteiger partial charge in [-0.05, 0) is 37.5 Å². The molecule has 1 aromatic carbocycles. The van der Waals surface area contributed by atoms with Crippen LogP contribution in [0.25, 0.3) is 0 Å². The van der Waals surface area contributed by atoms with E-state index in [0.29, 0.717) is 11.7 Å². The molecule has 0 radical (unpaired) electrons. The van der Waals surface area contributed by atoms with Crippen molar-refractivity contribution in [2.24, 2.45) is 0 Å². The lowest BCUT2D eigenvalue weighted by Gasteiger charge is -2.09. The molecule has 0 amide bonds. The Bertz CT molecular complexity index is 525. The quantitative estimate of drug-likeness (QED) is 0.843. The van der Waals surface area contributed by atoms with Gasteiger partial charge in [0.15, 0.2) is 0 Å². The molecule has 96 valence electrons. The Hall–Kier alpha value is -1.62. The maximum atomic E-state index is 5.77. The summed E-state index contributed by atoms with van der Waals surface area (Å²) in [5.74, 6) is 0.965. The SMILES string of the molecule is Cc1ccc(C)c(OCCCc2nnc(N)s2)c1. The number of rotatable bonds is 5. The highest BCUT2D eigenvalue weighted by atomic mass is 32.1.